The first kappa shape index (κ1) is 14.8. The van der Waals surface area contributed by atoms with Crippen LogP contribution in [0.3, 0.4) is 0 Å². The number of nitrogens with two attached hydrogens (primary N) is 1. The minimum atomic E-state index is 0.112. The van der Waals surface area contributed by atoms with Crippen LogP contribution in [0.1, 0.15) is 33.1 Å². The van der Waals surface area contributed by atoms with E-state index in [2.05, 4.69) is 13.8 Å². The number of nitrogens with zero attached hydrogens (tertiary/aromatic N) is 1. The van der Waals surface area contributed by atoms with Crippen molar-refractivity contribution >= 4 is 10.8 Å². The van der Waals surface area contributed by atoms with Crippen LogP contribution in [0.2, 0.25) is 0 Å². The fourth-order valence-corrected chi connectivity index (χ4v) is 2.39. The number of unbranched alkanes of at least 4 members (excludes halogenated alkanes) is 1. The molecule has 108 valence electrons. The molecule has 0 unspecified atom stereocenters. The van der Waals surface area contributed by atoms with Crippen LogP contribution in [-0.2, 0) is 6.54 Å². The third kappa shape index (κ3) is 3.48. The van der Waals surface area contributed by atoms with Crippen LogP contribution in [0.4, 0.5) is 0 Å². The molecule has 0 aliphatic rings. The molecule has 2 N–H and O–H groups in total. The van der Waals surface area contributed by atoms with Gasteiger partial charge in [-0.15, -0.1) is 0 Å². The molecular weight excluding hydrogens is 248 g/mol. The maximum Gasteiger partial charge on any atom is 0.258 e. The van der Waals surface area contributed by atoms with Gasteiger partial charge in [-0.05, 0) is 42.3 Å². The Balaban J connectivity index is 2.01. The second-order valence-electron chi connectivity index (χ2n) is 6.23. The Bertz CT molecular complexity index is 628. The predicted molar refractivity (Wildman–Crippen MR) is 84.9 cm³/mol. The highest BCUT2D eigenvalue weighted by atomic mass is 16.1. The summed E-state index contributed by atoms with van der Waals surface area (Å²) in [6.07, 6.45) is 5.12. The summed E-state index contributed by atoms with van der Waals surface area (Å²) in [5.74, 6) is 0. The molecule has 0 saturated heterocycles. The fourth-order valence-electron chi connectivity index (χ4n) is 2.39. The molecule has 0 radical (unpaired) electrons. The van der Waals surface area contributed by atoms with Crippen LogP contribution in [0.25, 0.3) is 10.8 Å². The summed E-state index contributed by atoms with van der Waals surface area (Å²) in [6, 6.07) is 9.76. The SMILES string of the molecule is CC(C)(CN)CCCCn1ccc2ccccc2c1=O. The zero-order chi connectivity index (χ0) is 14.6. The van der Waals surface area contributed by atoms with Crippen molar-refractivity contribution in [3.63, 3.8) is 0 Å². The molecular formula is C17H24N2O. The summed E-state index contributed by atoms with van der Waals surface area (Å²) in [6.45, 7) is 5.87. The molecule has 2 rings (SSSR count). The van der Waals surface area contributed by atoms with Crippen molar-refractivity contribution < 1.29 is 0 Å². The van der Waals surface area contributed by atoms with E-state index in [0.29, 0.717) is 6.54 Å². The van der Waals surface area contributed by atoms with Gasteiger partial charge >= 0.3 is 0 Å². The van der Waals surface area contributed by atoms with E-state index < -0.39 is 0 Å². The Morgan fingerprint density at radius 2 is 1.90 bits per heavy atom. The lowest BCUT2D eigenvalue weighted by Crippen LogP contribution is -2.24. The van der Waals surface area contributed by atoms with Crippen molar-refractivity contribution in [3.8, 4) is 0 Å². The van der Waals surface area contributed by atoms with E-state index in [9.17, 15) is 4.79 Å². The quantitative estimate of drug-likeness (QED) is 0.821. The van der Waals surface area contributed by atoms with Gasteiger partial charge in [0.1, 0.15) is 0 Å². The molecule has 0 fully saturated rings. The van der Waals surface area contributed by atoms with Crippen LogP contribution in [0.15, 0.2) is 41.3 Å². The number of pyridine rings is 1. The highest BCUT2D eigenvalue weighted by Gasteiger charge is 2.14. The number of hydrogen-bond acceptors (Lipinski definition) is 2. The molecule has 20 heavy (non-hydrogen) atoms. The summed E-state index contributed by atoms with van der Waals surface area (Å²) in [7, 11) is 0. The van der Waals surface area contributed by atoms with Crippen LogP contribution in [0.5, 0.6) is 0 Å². The molecule has 3 heteroatoms. The van der Waals surface area contributed by atoms with Crippen molar-refractivity contribution in [1.82, 2.24) is 4.57 Å². The smallest absolute Gasteiger partial charge is 0.258 e. The van der Waals surface area contributed by atoms with Gasteiger partial charge in [0.2, 0.25) is 0 Å². The van der Waals surface area contributed by atoms with E-state index >= 15 is 0 Å². The Hall–Kier alpha value is -1.61. The number of fused-ring (bicyclic) bond motifs is 1. The zero-order valence-electron chi connectivity index (χ0n) is 12.4. The van der Waals surface area contributed by atoms with Crippen LogP contribution in [-0.4, -0.2) is 11.1 Å². The maximum absolute atomic E-state index is 12.3. The van der Waals surface area contributed by atoms with E-state index in [1.165, 1.54) is 0 Å². The molecule has 0 atom stereocenters. The highest BCUT2D eigenvalue weighted by molar-refractivity contribution is 5.81. The average Bonchev–Trinajstić information content (AvgIpc) is 2.46. The first-order valence-electron chi connectivity index (χ1n) is 7.32. The Morgan fingerprint density at radius 3 is 2.65 bits per heavy atom. The number of aromatic nitrogens is 1. The van der Waals surface area contributed by atoms with E-state index in [0.717, 1.165) is 36.6 Å². The number of aryl methyl sites for hydroxylation is 1. The molecule has 1 aromatic carbocycles. The van der Waals surface area contributed by atoms with Gasteiger partial charge in [-0.1, -0.05) is 38.5 Å². The highest BCUT2D eigenvalue weighted by Crippen LogP contribution is 2.21. The molecule has 0 aliphatic carbocycles. The molecule has 0 amide bonds. The van der Waals surface area contributed by atoms with Gasteiger partial charge in [0.15, 0.2) is 0 Å². The monoisotopic (exact) mass is 272 g/mol. The standard InChI is InChI=1S/C17H24N2O/c1-17(2,13-18)10-5-6-11-19-12-9-14-7-3-4-8-15(14)16(19)20/h3-4,7-9,12H,5-6,10-11,13,18H2,1-2H3. The second-order valence-corrected chi connectivity index (χ2v) is 6.23. The third-order valence-electron chi connectivity index (χ3n) is 3.94. The largest absolute Gasteiger partial charge is 0.330 e. The lowest BCUT2D eigenvalue weighted by molar-refractivity contribution is 0.328. The fraction of sp³-hybridized carbons (Fsp3) is 0.471. The van der Waals surface area contributed by atoms with Gasteiger partial charge in [0.05, 0.1) is 0 Å². The second kappa shape index (κ2) is 6.23. The van der Waals surface area contributed by atoms with E-state index in [-0.39, 0.29) is 11.0 Å². The van der Waals surface area contributed by atoms with E-state index in [1.807, 2.05) is 41.1 Å². The molecule has 1 heterocycles. The van der Waals surface area contributed by atoms with Gasteiger partial charge in [-0.3, -0.25) is 4.79 Å². The Labute approximate surface area is 120 Å². The third-order valence-corrected chi connectivity index (χ3v) is 3.94. The first-order chi connectivity index (χ1) is 9.53. The number of hydrogen-bond donors (Lipinski definition) is 1. The maximum atomic E-state index is 12.3. The Morgan fingerprint density at radius 1 is 1.15 bits per heavy atom. The molecule has 3 nitrogen and oxygen atoms in total. The summed E-state index contributed by atoms with van der Waals surface area (Å²) in [5, 5.41) is 1.82. The average molecular weight is 272 g/mol. The summed E-state index contributed by atoms with van der Waals surface area (Å²) < 4.78 is 1.82. The molecule has 0 spiro atoms. The summed E-state index contributed by atoms with van der Waals surface area (Å²) >= 11 is 0. The predicted octanol–water partition coefficient (Wildman–Crippen LogP) is 3.16. The van der Waals surface area contributed by atoms with Crippen molar-refractivity contribution in [2.24, 2.45) is 11.1 Å². The van der Waals surface area contributed by atoms with Crippen molar-refractivity contribution in [1.29, 1.82) is 0 Å². The normalized spacial score (nSPS) is 11.9. The minimum absolute atomic E-state index is 0.112. The van der Waals surface area contributed by atoms with Gasteiger partial charge in [0.25, 0.3) is 5.56 Å². The van der Waals surface area contributed by atoms with Gasteiger partial charge < -0.3 is 10.3 Å². The molecule has 0 bridgehead atoms. The van der Waals surface area contributed by atoms with Crippen molar-refractivity contribution in [2.75, 3.05) is 6.54 Å². The number of benzene rings is 1. The van der Waals surface area contributed by atoms with Gasteiger partial charge in [-0.25, -0.2) is 0 Å². The van der Waals surface area contributed by atoms with Crippen LogP contribution in [0, 0.1) is 5.41 Å². The summed E-state index contributed by atoms with van der Waals surface area (Å²) in [4.78, 5) is 12.3. The van der Waals surface area contributed by atoms with E-state index in [4.69, 9.17) is 5.73 Å². The first-order valence-corrected chi connectivity index (χ1v) is 7.32. The van der Waals surface area contributed by atoms with Crippen molar-refractivity contribution in [2.45, 2.75) is 39.7 Å². The summed E-state index contributed by atoms with van der Waals surface area (Å²) in [5.41, 5.74) is 6.05. The lowest BCUT2D eigenvalue weighted by atomic mass is 9.87. The van der Waals surface area contributed by atoms with Crippen LogP contribution < -0.4 is 11.3 Å². The topological polar surface area (TPSA) is 48.0 Å². The molecule has 0 aliphatic heterocycles. The van der Waals surface area contributed by atoms with Crippen molar-refractivity contribution in [3.05, 3.63) is 46.9 Å². The number of rotatable bonds is 6. The lowest BCUT2D eigenvalue weighted by Gasteiger charge is -2.21. The van der Waals surface area contributed by atoms with Gasteiger partial charge in [-0.2, -0.15) is 0 Å². The Kier molecular flexibility index (Phi) is 4.61. The molecule has 0 saturated carbocycles. The zero-order valence-corrected chi connectivity index (χ0v) is 12.4. The van der Waals surface area contributed by atoms with E-state index in [1.54, 1.807) is 0 Å². The molecule has 1 aromatic heterocycles. The van der Waals surface area contributed by atoms with Crippen LogP contribution >= 0.6 is 0 Å². The minimum Gasteiger partial charge on any atom is -0.330 e. The van der Waals surface area contributed by atoms with Gasteiger partial charge in [0, 0.05) is 18.1 Å². The molecule has 2 aromatic rings.